The lowest BCUT2D eigenvalue weighted by Crippen LogP contribution is -2.42. The largest absolute Gasteiger partial charge is 0.321 e. The van der Waals surface area contributed by atoms with Gasteiger partial charge in [0.25, 0.3) is 0 Å². The van der Waals surface area contributed by atoms with E-state index in [0.29, 0.717) is 5.41 Å². The van der Waals surface area contributed by atoms with Gasteiger partial charge in [-0.2, -0.15) is 0 Å². The predicted molar refractivity (Wildman–Crippen MR) is 89.0 cm³/mol. The van der Waals surface area contributed by atoms with E-state index in [1.54, 1.807) is 0 Å². The summed E-state index contributed by atoms with van der Waals surface area (Å²) in [6.07, 6.45) is 6.41. The van der Waals surface area contributed by atoms with Crippen LogP contribution in [0.25, 0.3) is 10.9 Å². The summed E-state index contributed by atoms with van der Waals surface area (Å²) in [6.45, 7) is 7.04. The first-order valence-electron chi connectivity index (χ1n) is 8.03. The van der Waals surface area contributed by atoms with Gasteiger partial charge in [0.05, 0.1) is 5.52 Å². The van der Waals surface area contributed by atoms with Crippen LogP contribution in [0.1, 0.15) is 52.0 Å². The lowest BCUT2D eigenvalue weighted by molar-refractivity contribution is 0.134. The zero-order valence-corrected chi connectivity index (χ0v) is 13.4. The molecule has 2 N–H and O–H groups in total. The van der Waals surface area contributed by atoms with Gasteiger partial charge in [0.2, 0.25) is 0 Å². The second kappa shape index (κ2) is 5.10. The first-order valence-corrected chi connectivity index (χ1v) is 8.03. The molecular formula is C19H26N2. The van der Waals surface area contributed by atoms with E-state index in [4.69, 9.17) is 5.73 Å². The Kier molecular flexibility index (Phi) is 3.53. The van der Waals surface area contributed by atoms with Crippen LogP contribution in [0.5, 0.6) is 0 Å². The first-order chi connectivity index (χ1) is 9.90. The van der Waals surface area contributed by atoms with Crippen LogP contribution in [0.15, 0.2) is 36.5 Å². The van der Waals surface area contributed by atoms with Crippen LogP contribution in [-0.4, -0.2) is 4.98 Å². The molecule has 2 aromatic rings. The van der Waals surface area contributed by atoms with Crippen molar-refractivity contribution in [3.63, 3.8) is 0 Å². The highest BCUT2D eigenvalue weighted by Gasteiger charge is 2.38. The third-order valence-electron chi connectivity index (χ3n) is 5.27. The number of benzene rings is 1. The lowest BCUT2D eigenvalue weighted by Gasteiger charge is -2.42. The third-order valence-corrected chi connectivity index (χ3v) is 5.27. The van der Waals surface area contributed by atoms with Gasteiger partial charge in [-0.3, -0.25) is 4.98 Å². The van der Waals surface area contributed by atoms with Gasteiger partial charge in [0, 0.05) is 17.1 Å². The first kappa shape index (κ1) is 14.5. The number of pyridine rings is 1. The highest BCUT2D eigenvalue weighted by molar-refractivity contribution is 5.82. The van der Waals surface area contributed by atoms with E-state index in [1.165, 1.54) is 23.8 Å². The monoisotopic (exact) mass is 282 g/mol. The molecule has 112 valence electrons. The summed E-state index contributed by atoms with van der Waals surface area (Å²) in [6, 6.07) is 10.5. The number of hydrogen-bond donors (Lipinski definition) is 1. The molecule has 0 aliphatic heterocycles. The van der Waals surface area contributed by atoms with Crippen LogP contribution in [0.2, 0.25) is 0 Å². The quantitative estimate of drug-likeness (QED) is 0.828. The van der Waals surface area contributed by atoms with Crippen molar-refractivity contribution < 1.29 is 0 Å². The van der Waals surface area contributed by atoms with Crippen molar-refractivity contribution in [2.75, 3.05) is 0 Å². The maximum Gasteiger partial charge on any atom is 0.0752 e. The Bertz CT molecular complexity index is 626. The van der Waals surface area contributed by atoms with Crippen LogP contribution in [0.4, 0.5) is 0 Å². The summed E-state index contributed by atoms with van der Waals surface area (Å²) in [7, 11) is 0. The minimum Gasteiger partial charge on any atom is -0.321 e. The Morgan fingerprint density at radius 2 is 1.76 bits per heavy atom. The Labute approximate surface area is 127 Å². The summed E-state index contributed by atoms with van der Waals surface area (Å²) >= 11 is 0. The van der Waals surface area contributed by atoms with E-state index in [1.807, 2.05) is 12.3 Å². The Balaban J connectivity index is 1.93. The molecule has 0 atom stereocenters. The molecule has 0 radical (unpaired) electrons. The molecule has 1 aromatic heterocycles. The van der Waals surface area contributed by atoms with Gasteiger partial charge < -0.3 is 5.73 Å². The van der Waals surface area contributed by atoms with E-state index in [0.717, 1.165) is 24.3 Å². The number of nitrogens with zero attached hydrogens (tertiary/aromatic N) is 1. The highest BCUT2D eigenvalue weighted by Crippen LogP contribution is 2.45. The molecule has 0 amide bonds. The van der Waals surface area contributed by atoms with E-state index >= 15 is 0 Å². The molecule has 0 saturated heterocycles. The average Bonchev–Trinajstić information content (AvgIpc) is 2.46. The van der Waals surface area contributed by atoms with E-state index in [2.05, 4.69) is 50.0 Å². The predicted octanol–water partition coefficient (Wildman–Crippen LogP) is 4.63. The third kappa shape index (κ3) is 2.69. The van der Waals surface area contributed by atoms with Gasteiger partial charge in [0.15, 0.2) is 0 Å². The fraction of sp³-hybridized carbons (Fsp3) is 0.526. The smallest absolute Gasteiger partial charge is 0.0752 e. The van der Waals surface area contributed by atoms with Gasteiger partial charge in [-0.05, 0) is 48.6 Å². The van der Waals surface area contributed by atoms with E-state index in [-0.39, 0.29) is 5.54 Å². The summed E-state index contributed by atoms with van der Waals surface area (Å²) in [4.78, 5) is 4.59. The summed E-state index contributed by atoms with van der Waals surface area (Å²) in [5.41, 5.74) is 9.30. The molecule has 3 rings (SSSR count). The van der Waals surface area contributed by atoms with Gasteiger partial charge in [-0.1, -0.05) is 45.0 Å². The fourth-order valence-electron chi connectivity index (χ4n) is 3.77. The molecule has 1 aromatic carbocycles. The van der Waals surface area contributed by atoms with E-state index in [9.17, 15) is 0 Å². The summed E-state index contributed by atoms with van der Waals surface area (Å²) in [5, 5.41) is 1.19. The number of aromatic nitrogens is 1. The Morgan fingerprint density at radius 3 is 2.43 bits per heavy atom. The fourth-order valence-corrected chi connectivity index (χ4v) is 3.77. The standard InChI is InChI=1S/C19H26N2/c1-18(2,3)15-9-11-19(20,12-10-15)16-8-4-6-14-7-5-13-21-17(14)16/h4-8,13,15H,9-12,20H2,1-3H3. The minimum atomic E-state index is -0.213. The van der Waals surface area contributed by atoms with Crippen molar-refractivity contribution in [1.29, 1.82) is 0 Å². The zero-order valence-electron chi connectivity index (χ0n) is 13.4. The van der Waals surface area contributed by atoms with Crippen molar-refractivity contribution in [2.24, 2.45) is 17.1 Å². The Morgan fingerprint density at radius 1 is 1.10 bits per heavy atom. The highest BCUT2D eigenvalue weighted by atomic mass is 14.8. The van der Waals surface area contributed by atoms with Crippen molar-refractivity contribution in [1.82, 2.24) is 4.98 Å². The molecule has 1 aliphatic carbocycles. The molecule has 1 saturated carbocycles. The number of rotatable bonds is 1. The molecule has 1 fully saturated rings. The van der Waals surface area contributed by atoms with Crippen LogP contribution in [0, 0.1) is 11.3 Å². The molecule has 2 heteroatoms. The van der Waals surface area contributed by atoms with Crippen LogP contribution < -0.4 is 5.73 Å². The normalized spacial score (nSPS) is 27.0. The molecule has 21 heavy (non-hydrogen) atoms. The molecule has 0 spiro atoms. The van der Waals surface area contributed by atoms with Crippen LogP contribution in [0.3, 0.4) is 0 Å². The molecule has 2 nitrogen and oxygen atoms in total. The lowest BCUT2D eigenvalue weighted by atomic mass is 9.66. The number of nitrogens with two attached hydrogens (primary N) is 1. The van der Waals surface area contributed by atoms with Gasteiger partial charge in [-0.15, -0.1) is 0 Å². The van der Waals surface area contributed by atoms with Crippen molar-refractivity contribution in [2.45, 2.75) is 52.0 Å². The minimum absolute atomic E-state index is 0.213. The second-order valence-electron chi connectivity index (χ2n) is 7.68. The maximum absolute atomic E-state index is 6.81. The van der Waals surface area contributed by atoms with Crippen LogP contribution in [-0.2, 0) is 5.54 Å². The topological polar surface area (TPSA) is 38.9 Å². The summed E-state index contributed by atoms with van der Waals surface area (Å²) in [5.74, 6) is 0.775. The van der Waals surface area contributed by atoms with Crippen molar-refractivity contribution >= 4 is 10.9 Å². The van der Waals surface area contributed by atoms with Crippen molar-refractivity contribution in [3.8, 4) is 0 Å². The molecule has 0 unspecified atom stereocenters. The molecule has 1 aliphatic rings. The average molecular weight is 282 g/mol. The molecule has 1 heterocycles. The Hall–Kier alpha value is -1.41. The van der Waals surface area contributed by atoms with Gasteiger partial charge in [-0.25, -0.2) is 0 Å². The molecular weight excluding hydrogens is 256 g/mol. The van der Waals surface area contributed by atoms with E-state index < -0.39 is 0 Å². The molecule has 0 bridgehead atoms. The summed E-state index contributed by atoms with van der Waals surface area (Å²) < 4.78 is 0. The van der Waals surface area contributed by atoms with Gasteiger partial charge in [0.1, 0.15) is 0 Å². The van der Waals surface area contributed by atoms with Crippen molar-refractivity contribution in [3.05, 3.63) is 42.1 Å². The maximum atomic E-state index is 6.81. The number of para-hydroxylation sites is 1. The SMILES string of the molecule is CC(C)(C)C1CCC(N)(c2cccc3cccnc23)CC1. The van der Waals surface area contributed by atoms with Gasteiger partial charge >= 0.3 is 0 Å². The van der Waals surface area contributed by atoms with Crippen LogP contribution >= 0.6 is 0 Å². The number of hydrogen-bond acceptors (Lipinski definition) is 2. The number of fused-ring (bicyclic) bond motifs is 1. The zero-order chi connectivity index (χ0) is 15.1. The second-order valence-corrected chi connectivity index (χ2v) is 7.68.